The normalized spacial score (nSPS) is 11.8. The maximum absolute atomic E-state index is 13.4. The summed E-state index contributed by atoms with van der Waals surface area (Å²) in [4.78, 5) is 14.2. The second-order valence-electron chi connectivity index (χ2n) is 6.76. The third-order valence-corrected chi connectivity index (χ3v) is 6.43. The second-order valence-corrected chi connectivity index (χ2v) is 8.65. The minimum Gasteiger partial charge on any atom is -0.543 e. The zero-order valence-electron chi connectivity index (χ0n) is 15.3. The van der Waals surface area contributed by atoms with E-state index in [1.165, 1.54) is 12.1 Å². The van der Waals surface area contributed by atoms with E-state index < -0.39 is 21.5 Å². The number of nitrogens with zero attached hydrogens (tertiary/aromatic N) is 1. The van der Waals surface area contributed by atoms with Gasteiger partial charge in [0.15, 0.2) is 0 Å². The number of carboxylic acids is 1. The highest BCUT2D eigenvalue weighted by atomic mass is 32.2. The molecule has 0 aliphatic heterocycles. The molecule has 4 rings (SSSR count). The van der Waals surface area contributed by atoms with Crippen molar-refractivity contribution in [2.24, 2.45) is 0 Å². The molecule has 142 valence electrons. The molecule has 28 heavy (non-hydrogen) atoms. The molecule has 0 aliphatic rings. The number of H-pyrrole nitrogens is 1. The number of aryl methyl sites for hydroxylation is 2. The molecule has 0 amide bonds. The van der Waals surface area contributed by atoms with Crippen LogP contribution in [0.25, 0.3) is 16.6 Å². The molecular formula is C21H17N2O4S-. The Kier molecular flexibility index (Phi) is 4.12. The van der Waals surface area contributed by atoms with Gasteiger partial charge in [-0.2, -0.15) is 0 Å². The highest BCUT2D eigenvalue weighted by molar-refractivity contribution is 7.91. The number of carbonyl (C=O) groups excluding carboxylic acids is 1. The van der Waals surface area contributed by atoms with Crippen LogP contribution in [0.3, 0.4) is 0 Å². The topological polar surface area (TPSA) is 95.0 Å². The number of rotatable bonds is 4. The second kappa shape index (κ2) is 6.38. The van der Waals surface area contributed by atoms with Crippen molar-refractivity contribution in [2.45, 2.75) is 23.6 Å². The summed E-state index contributed by atoms with van der Waals surface area (Å²) in [5.74, 6) is -1.57. The van der Waals surface area contributed by atoms with Gasteiger partial charge in [-0.05, 0) is 67.4 Å². The van der Waals surface area contributed by atoms with Crippen LogP contribution in [-0.4, -0.2) is 23.9 Å². The van der Waals surface area contributed by atoms with Crippen molar-refractivity contribution in [3.63, 3.8) is 0 Å². The maximum Gasteiger partial charge on any atom is 0.209 e. The molecule has 0 spiro atoms. The minimum atomic E-state index is -4.09. The van der Waals surface area contributed by atoms with Gasteiger partial charge in [0, 0.05) is 29.0 Å². The van der Waals surface area contributed by atoms with Gasteiger partial charge in [0.2, 0.25) is 9.84 Å². The lowest BCUT2D eigenvalue weighted by molar-refractivity contribution is -0.255. The Bertz CT molecular complexity index is 1300. The van der Waals surface area contributed by atoms with Crippen LogP contribution in [0.2, 0.25) is 0 Å². The van der Waals surface area contributed by atoms with Crippen LogP contribution < -0.4 is 5.11 Å². The Hall–Kier alpha value is -3.32. The molecule has 0 saturated carbocycles. The van der Waals surface area contributed by atoms with Crippen molar-refractivity contribution in [1.29, 1.82) is 0 Å². The standard InChI is InChI=1S/C21H18N2O4S/c1-13-9-14(2)11-16(10-13)28(26,27)20-17-12-15(23-7-3-4-8-23)5-6-18(17)22-19(20)21(24)25/h3-12,22H,1-2H3,(H,24,25)/p-1. The van der Waals surface area contributed by atoms with Gasteiger partial charge in [0.05, 0.1) is 16.6 Å². The Morgan fingerprint density at radius 1 is 1.00 bits per heavy atom. The van der Waals surface area contributed by atoms with Crippen LogP contribution in [0.1, 0.15) is 21.6 Å². The molecule has 0 atom stereocenters. The lowest BCUT2D eigenvalue weighted by Crippen LogP contribution is -2.25. The number of hydrogen-bond donors (Lipinski definition) is 1. The van der Waals surface area contributed by atoms with E-state index in [1.54, 1.807) is 32.0 Å². The molecule has 0 radical (unpaired) electrons. The van der Waals surface area contributed by atoms with Gasteiger partial charge in [-0.3, -0.25) is 0 Å². The molecule has 2 heterocycles. The first-order valence-corrected chi connectivity index (χ1v) is 10.1. The van der Waals surface area contributed by atoms with Crippen LogP contribution in [0.5, 0.6) is 0 Å². The van der Waals surface area contributed by atoms with Crippen molar-refractivity contribution in [3.05, 3.63) is 77.7 Å². The molecule has 2 aromatic carbocycles. The first-order valence-electron chi connectivity index (χ1n) is 8.61. The van der Waals surface area contributed by atoms with E-state index in [0.717, 1.165) is 16.8 Å². The van der Waals surface area contributed by atoms with Gasteiger partial charge in [0.25, 0.3) is 0 Å². The number of benzene rings is 2. The van der Waals surface area contributed by atoms with Crippen LogP contribution in [0, 0.1) is 13.8 Å². The van der Waals surface area contributed by atoms with Crippen molar-refractivity contribution in [1.82, 2.24) is 9.55 Å². The summed E-state index contributed by atoms with van der Waals surface area (Å²) in [7, 11) is -4.09. The lowest BCUT2D eigenvalue weighted by atomic mass is 10.2. The predicted octanol–water partition coefficient (Wildman–Crippen LogP) is 2.77. The fourth-order valence-corrected chi connectivity index (χ4v) is 5.23. The first-order chi connectivity index (χ1) is 13.3. The summed E-state index contributed by atoms with van der Waals surface area (Å²) in [6, 6.07) is 13.7. The molecule has 2 aromatic heterocycles. The van der Waals surface area contributed by atoms with Crippen molar-refractivity contribution in [2.75, 3.05) is 0 Å². The number of aromatic carboxylic acids is 1. The van der Waals surface area contributed by atoms with Gasteiger partial charge in [-0.1, -0.05) is 6.07 Å². The number of fused-ring (bicyclic) bond motifs is 1. The summed E-state index contributed by atoms with van der Waals surface area (Å²) in [6.45, 7) is 3.59. The Labute approximate surface area is 162 Å². The molecule has 6 nitrogen and oxygen atoms in total. The number of hydrogen-bond acceptors (Lipinski definition) is 4. The Morgan fingerprint density at radius 2 is 1.64 bits per heavy atom. The fourth-order valence-electron chi connectivity index (χ4n) is 3.45. The minimum absolute atomic E-state index is 0.0553. The molecule has 0 saturated heterocycles. The average Bonchev–Trinajstić information content (AvgIpc) is 3.28. The van der Waals surface area contributed by atoms with Gasteiger partial charge >= 0.3 is 0 Å². The zero-order chi connectivity index (χ0) is 20.1. The van der Waals surface area contributed by atoms with Gasteiger partial charge in [-0.15, -0.1) is 0 Å². The number of carbonyl (C=O) groups is 1. The maximum atomic E-state index is 13.4. The van der Waals surface area contributed by atoms with Gasteiger partial charge < -0.3 is 19.5 Å². The lowest BCUT2D eigenvalue weighted by Gasteiger charge is -2.10. The van der Waals surface area contributed by atoms with E-state index in [1.807, 2.05) is 35.2 Å². The molecule has 0 fully saturated rings. The largest absolute Gasteiger partial charge is 0.543 e. The van der Waals surface area contributed by atoms with Crippen LogP contribution in [-0.2, 0) is 9.84 Å². The van der Waals surface area contributed by atoms with Crippen molar-refractivity contribution >= 4 is 26.7 Å². The van der Waals surface area contributed by atoms with Crippen LogP contribution >= 0.6 is 0 Å². The van der Waals surface area contributed by atoms with Crippen molar-refractivity contribution in [3.8, 4) is 5.69 Å². The summed E-state index contributed by atoms with van der Waals surface area (Å²) in [5.41, 5.74) is 2.25. The van der Waals surface area contributed by atoms with Gasteiger partial charge in [-0.25, -0.2) is 8.42 Å². The Morgan fingerprint density at radius 3 is 2.25 bits per heavy atom. The molecule has 0 aliphatic carbocycles. The van der Waals surface area contributed by atoms with E-state index in [0.29, 0.717) is 10.9 Å². The summed E-state index contributed by atoms with van der Waals surface area (Å²) in [5, 5.41) is 12.0. The Balaban J connectivity index is 2.04. The molecular weight excluding hydrogens is 376 g/mol. The highest BCUT2D eigenvalue weighted by Crippen LogP contribution is 2.33. The third-order valence-electron chi connectivity index (χ3n) is 4.62. The van der Waals surface area contributed by atoms with E-state index in [4.69, 9.17) is 0 Å². The van der Waals surface area contributed by atoms with Gasteiger partial charge in [0.1, 0.15) is 4.90 Å². The number of sulfone groups is 1. The number of aromatic amines is 1. The quantitative estimate of drug-likeness (QED) is 0.577. The van der Waals surface area contributed by atoms with Crippen molar-refractivity contribution < 1.29 is 18.3 Å². The molecule has 0 unspecified atom stereocenters. The summed E-state index contributed by atoms with van der Waals surface area (Å²) in [6.07, 6.45) is 3.65. The smallest absolute Gasteiger partial charge is 0.209 e. The monoisotopic (exact) mass is 393 g/mol. The van der Waals surface area contributed by atoms with Crippen LogP contribution in [0.15, 0.2) is 70.7 Å². The summed E-state index contributed by atoms with van der Waals surface area (Å²) < 4.78 is 28.7. The van der Waals surface area contributed by atoms with E-state index in [9.17, 15) is 18.3 Å². The number of carboxylic acid groups (broad SMARTS) is 1. The average molecular weight is 393 g/mol. The molecule has 7 heteroatoms. The molecule has 4 aromatic rings. The fraction of sp³-hybridized carbons (Fsp3) is 0.0952. The SMILES string of the molecule is Cc1cc(C)cc(S(=O)(=O)c2c(C(=O)[O-])[nH]c3ccc(-n4cccc4)cc23)c1. The zero-order valence-corrected chi connectivity index (χ0v) is 16.1. The molecule has 1 N–H and O–H groups in total. The van der Waals surface area contributed by atoms with E-state index in [-0.39, 0.29) is 9.79 Å². The molecule has 0 bridgehead atoms. The third kappa shape index (κ3) is 2.90. The number of aromatic nitrogens is 2. The van der Waals surface area contributed by atoms with E-state index in [2.05, 4.69) is 4.98 Å². The highest BCUT2D eigenvalue weighted by Gasteiger charge is 2.27. The van der Waals surface area contributed by atoms with E-state index >= 15 is 0 Å². The number of nitrogens with one attached hydrogen (secondary N) is 1. The first kappa shape index (κ1) is 18.1. The predicted molar refractivity (Wildman–Crippen MR) is 103 cm³/mol. The summed E-state index contributed by atoms with van der Waals surface area (Å²) >= 11 is 0. The van der Waals surface area contributed by atoms with Crippen LogP contribution in [0.4, 0.5) is 0 Å².